The van der Waals surface area contributed by atoms with E-state index in [1.807, 2.05) is 18.2 Å². The molecule has 0 fully saturated rings. The number of hydrogen-bond donors (Lipinski definition) is 3. The van der Waals surface area contributed by atoms with Gasteiger partial charge in [0.25, 0.3) is 0 Å². The molecular formula is C20H19BrN2O5. The number of methoxy groups -OCH3 is 1. The summed E-state index contributed by atoms with van der Waals surface area (Å²) in [5, 5.41) is 15.6. The Kier molecular flexibility index (Phi) is 5.89. The summed E-state index contributed by atoms with van der Waals surface area (Å²) < 4.78 is 10.8. The molecule has 146 valence electrons. The zero-order valence-electron chi connectivity index (χ0n) is 15.3. The normalized spacial score (nSPS) is 16.2. The second-order valence-corrected chi connectivity index (χ2v) is 6.81. The summed E-state index contributed by atoms with van der Waals surface area (Å²) in [6, 6.07) is 11.0. The monoisotopic (exact) mass is 446 g/mol. The summed E-state index contributed by atoms with van der Waals surface area (Å²) in [4.78, 5) is 25.0. The molecule has 0 saturated heterocycles. The van der Waals surface area contributed by atoms with Gasteiger partial charge in [-0.1, -0.05) is 30.3 Å². The van der Waals surface area contributed by atoms with Gasteiger partial charge in [0, 0.05) is 0 Å². The summed E-state index contributed by atoms with van der Waals surface area (Å²) in [7, 11) is 1.28. The van der Waals surface area contributed by atoms with Crippen molar-refractivity contribution in [3.05, 3.63) is 63.6 Å². The molecule has 0 aliphatic carbocycles. The number of hydrogen-bond acceptors (Lipinski definition) is 5. The Morgan fingerprint density at radius 3 is 2.61 bits per heavy atom. The van der Waals surface area contributed by atoms with Crippen LogP contribution in [0.4, 0.5) is 4.79 Å². The van der Waals surface area contributed by atoms with E-state index in [1.54, 1.807) is 31.2 Å². The van der Waals surface area contributed by atoms with Crippen molar-refractivity contribution in [1.82, 2.24) is 10.6 Å². The molecule has 1 aliphatic rings. The van der Waals surface area contributed by atoms with Crippen molar-refractivity contribution < 1.29 is 24.2 Å². The lowest BCUT2D eigenvalue weighted by molar-refractivity contribution is -0.136. The van der Waals surface area contributed by atoms with Gasteiger partial charge in [0.2, 0.25) is 0 Å². The molecule has 2 aromatic carbocycles. The average molecular weight is 447 g/mol. The van der Waals surface area contributed by atoms with Gasteiger partial charge in [0.1, 0.15) is 0 Å². The topological polar surface area (TPSA) is 96.9 Å². The number of phenols is 1. The average Bonchev–Trinajstić information content (AvgIpc) is 2.70. The van der Waals surface area contributed by atoms with Crippen molar-refractivity contribution in [3.8, 4) is 11.5 Å². The van der Waals surface area contributed by atoms with Crippen LogP contribution >= 0.6 is 15.9 Å². The van der Waals surface area contributed by atoms with Gasteiger partial charge in [-0.25, -0.2) is 9.59 Å². The number of phenolic OH excluding ortho intramolecular Hbond substituents is 1. The molecule has 0 aromatic heterocycles. The molecule has 2 aromatic rings. The van der Waals surface area contributed by atoms with Gasteiger partial charge in [-0.2, -0.15) is 0 Å². The smallest absolute Gasteiger partial charge is 0.338 e. The summed E-state index contributed by atoms with van der Waals surface area (Å²) in [5.41, 5.74) is 1.83. The maximum atomic E-state index is 12.6. The van der Waals surface area contributed by atoms with Crippen LogP contribution in [0.5, 0.6) is 11.5 Å². The molecule has 3 rings (SSSR count). The highest BCUT2D eigenvalue weighted by Crippen LogP contribution is 2.40. The lowest BCUT2D eigenvalue weighted by Crippen LogP contribution is -2.45. The number of rotatable bonds is 5. The number of amides is 2. The van der Waals surface area contributed by atoms with Crippen LogP contribution in [0.15, 0.2) is 52.5 Å². The van der Waals surface area contributed by atoms with Crippen LogP contribution in [-0.4, -0.2) is 30.8 Å². The highest BCUT2D eigenvalue weighted by atomic mass is 79.9. The van der Waals surface area contributed by atoms with Crippen molar-refractivity contribution in [2.45, 2.75) is 13.0 Å². The molecule has 0 spiro atoms. The molecule has 0 bridgehead atoms. The van der Waals surface area contributed by atoms with Gasteiger partial charge in [0.15, 0.2) is 11.5 Å². The van der Waals surface area contributed by atoms with Crippen molar-refractivity contribution in [3.63, 3.8) is 0 Å². The zero-order chi connectivity index (χ0) is 20.3. The first kappa shape index (κ1) is 19.8. The molecule has 28 heavy (non-hydrogen) atoms. The number of halogens is 1. The van der Waals surface area contributed by atoms with Gasteiger partial charge in [-0.3, -0.25) is 0 Å². The Labute approximate surface area is 170 Å². The molecule has 8 heteroatoms. The molecule has 1 heterocycles. The maximum absolute atomic E-state index is 12.6. The SMILES string of the molecule is CCOc1cc(C2NC(=O)NC(c3ccccc3)=C2C(=O)OC)cc(Br)c1O. The summed E-state index contributed by atoms with van der Waals surface area (Å²) >= 11 is 3.29. The number of aromatic hydroxyl groups is 1. The second kappa shape index (κ2) is 8.35. The van der Waals surface area contributed by atoms with E-state index in [0.29, 0.717) is 27.9 Å². The Morgan fingerprint density at radius 2 is 1.96 bits per heavy atom. The molecule has 1 aliphatic heterocycles. The van der Waals surface area contributed by atoms with Gasteiger partial charge < -0.3 is 25.2 Å². The summed E-state index contributed by atoms with van der Waals surface area (Å²) in [6.45, 7) is 2.14. The van der Waals surface area contributed by atoms with Crippen molar-refractivity contribution in [1.29, 1.82) is 0 Å². The molecule has 1 unspecified atom stereocenters. The van der Waals surface area contributed by atoms with E-state index in [4.69, 9.17) is 9.47 Å². The van der Waals surface area contributed by atoms with E-state index in [1.165, 1.54) is 7.11 Å². The van der Waals surface area contributed by atoms with Crippen LogP contribution in [0.25, 0.3) is 5.70 Å². The lowest BCUT2D eigenvalue weighted by atomic mass is 9.92. The van der Waals surface area contributed by atoms with Crippen molar-refractivity contribution in [2.75, 3.05) is 13.7 Å². The fourth-order valence-electron chi connectivity index (χ4n) is 3.00. The van der Waals surface area contributed by atoms with Crippen molar-refractivity contribution in [2.24, 2.45) is 0 Å². The molecule has 2 amide bonds. The van der Waals surface area contributed by atoms with E-state index < -0.39 is 18.0 Å². The van der Waals surface area contributed by atoms with Gasteiger partial charge in [0.05, 0.1) is 35.5 Å². The minimum absolute atomic E-state index is 0.0576. The largest absolute Gasteiger partial charge is 0.503 e. The minimum Gasteiger partial charge on any atom is -0.503 e. The predicted octanol–water partition coefficient (Wildman–Crippen LogP) is 3.49. The van der Waals surface area contributed by atoms with Crippen molar-refractivity contribution >= 4 is 33.6 Å². The Hall–Kier alpha value is -3.00. The van der Waals surface area contributed by atoms with E-state index in [2.05, 4.69) is 26.6 Å². The van der Waals surface area contributed by atoms with Crippen LogP contribution in [0, 0.1) is 0 Å². The fraction of sp³-hybridized carbons (Fsp3) is 0.200. The molecule has 0 radical (unpaired) electrons. The number of carbonyl (C=O) groups is 2. The van der Waals surface area contributed by atoms with Crippen LogP contribution in [-0.2, 0) is 9.53 Å². The third-order valence-electron chi connectivity index (χ3n) is 4.22. The number of esters is 1. The highest BCUT2D eigenvalue weighted by Gasteiger charge is 2.34. The Bertz CT molecular complexity index is 943. The number of carbonyl (C=O) groups excluding carboxylic acids is 2. The van der Waals surface area contributed by atoms with Crippen LogP contribution in [0.1, 0.15) is 24.1 Å². The van der Waals surface area contributed by atoms with Crippen LogP contribution in [0.2, 0.25) is 0 Å². The van der Waals surface area contributed by atoms with Gasteiger partial charge in [-0.15, -0.1) is 0 Å². The first-order valence-electron chi connectivity index (χ1n) is 8.56. The van der Waals surface area contributed by atoms with Crippen LogP contribution in [0.3, 0.4) is 0 Å². The van der Waals surface area contributed by atoms with E-state index in [9.17, 15) is 14.7 Å². The number of ether oxygens (including phenoxy) is 2. The van der Waals surface area contributed by atoms with Gasteiger partial charge in [-0.05, 0) is 46.1 Å². The van der Waals surface area contributed by atoms with E-state index in [0.717, 1.165) is 0 Å². The lowest BCUT2D eigenvalue weighted by Gasteiger charge is -2.29. The Morgan fingerprint density at radius 1 is 1.25 bits per heavy atom. The first-order chi connectivity index (χ1) is 13.5. The molecular weight excluding hydrogens is 428 g/mol. The number of benzene rings is 2. The number of nitrogens with one attached hydrogen (secondary N) is 2. The fourth-order valence-corrected chi connectivity index (χ4v) is 3.46. The third kappa shape index (κ3) is 3.82. The zero-order valence-corrected chi connectivity index (χ0v) is 16.9. The van der Waals surface area contributed by atoms with Crippen LogP contribution < -0.4 is 15.4 Å². The molecule has 3 N–H and O–H groups in total. The number of urea groups is 1. The van der Waals surface area contributed by atoms with E-state index >= 15 is 0 Å². The summed E-state index contributed by atoms with van der Waals surface area (Å²) in [6.07, 6.45) is 0. The first-order valence-corrected chi connectivity index (χ1v) is 9.36. The standard InChI is InChI=1S/C20H19BrN2O5/c1-3-28-14-10-12(9-13(21)18(14)24)17-15(19(25)27-2)16(22-20(26)23-17)11-7-5-4-6-8-11/h4-10,17,24H,3H2,1-2H3,(H2,22,23,26). The third-order valence-corrected chi connectivity index (χ3v) is 4.83. The Balaban J connectivity index is 2.21. The molecule has 1 atom stereocenters. The van der Waals surface area contributed by atoms with Gasteiger partial charge >= 0.3 is 12.0 Å². The highest BCUT2D eigenvalue weighted by molar-refractivity contribution is 9.10. The quantitative estimate of drug-likeness (QED) is 0.610. The second-order valence-electron chi connectivity index (χ2n) is 5.96. The van der Waals surface area contributed by atoms with E-state index in [-0.39, 0.29) is 17.1 Å². The predicted molar refractivity (Wildman–Crippen MR) is 107 cm³/mol. The molecule has 7 nitrogen and oxygen atoms in total. The maximum Gasteiger partial charge on any atom is 0.338 e. The minimum atomic E-state index is -0.799. The summed E-state index contributed by atoms with van der Waals surface area (Å²) in [5.74, 6) is -0.401. The molecule has 0 saturated carbocycles.